The average molecular weight is 423 g/mol. The van der Waals surface area contributed by atoms with Crippen LogP contribution in [0.2, 0.25) is 0 Å². The molecular weight excluding hydrogens is 396 g/mol. The number of carbonyl (C=O) groups excluding carboxylic acids is 1. The number of hydrogen-bond acceptors (Lipinski definition) is 3. The van der Waals surface area contributed by atoms with Crippen molar-refractivity contribution >= 4 is 21.6 Å². The predicted molar refractivity (Wildman–Crippen MR) is 120 cm³/mol. The van der Waals surface area contributed by atoms with Crippen LogP contribution in [0.5, 0.6) is 0 Å². The molecule has 3 aromatic carbocycles. The van der Waals surface area contributed by atoms with Crippen molar-refractivity contribution in [1.29, 1.82) is 0 Å². The fourth-order valence-electron chi connectivity index (χ4n) is 3.28. The highest BCUT2D eigenvalue weighted by Gasteiger charge is 2.18. The molecule has 0 aliphatic carbocycles. The number of hydrogen-bond donors (Lipinski definition) is 2. The SMILES string of the molecule is CC(C)C(CNC(=O)c1cccc(NS(=O)(=O)c2ccccc2)c1)c1ccccc1. The molecule has 0 saturated heterocycles. The first-order chi connectivity index (χ1) is 14.4. The van der Waals surface area contributed by atoms with Crippen molar-refractivity contribution in [2.75, 3.05) is 11.3 Å². The number of benzene rings is 3. The van der Waals surface area contributed by atoms with E-state index in [1.54, 1.807) is 42.5 Å². The van der Waals surface area contributed by atoms with Gasteiger partial charge in [-0.1, -0.05) is 68.4 Å². The molecule has 1 unspecified atom stereocenters. The molecule has 3 rings (SSSR count). The minimum absolute atomic E-state index is 0.169. The Kier molecular flexibility index (Phi) is 6.90. The fourth-order valence-corrected chi connectivity index (χ4v) is 4.35. The van der Waals surface area contributed by atoms with E-state index in [1.807, 2.05) is 18.2 Å². The Morgan fingerprint density at radius 3 is 2.13 bits per heavy atom. The van der Waals surface area contributed by atoms with E-state index in [1.165, 1.54) is 17.7 Å². The van der Waals surface area contributed by atoms with Gasteiger partial charge in [0.25, 0.3) is 15.9 Å². The van der Waals surface area contributed by atoms with Crippen LogP contribution in [-0.4, -0.2) is 20.9 Å². The molecule has 0 fully saturated rings. The topological polar surface area (TPSA) is 75.3 Å². The van der Waals surface area contributed by atoms with Crippen LogP contribution in [0.3, 0.4) is 0 Å². The monoisotopic (exact) mass is 422 g/mol. The molecule has 0 aliphatic rings. The highest BCUT2D eigenvalue weighted by molar-refractivity contribution is 7.92. The van der Waals surface area contributed by atoms with E-state index >= 15 is 0 Å². The second-order valence-corrected chi connectivity index (χ2v) is 9.15. The molecule has 2 N–H and O–H groups in total. The highest BCUT2D eigenvalue weighted by Crippen LogP contribution is 2.23. The summed E-state index contributed by atoms with van der Waals surface area (Å²) in [6, 6.07) is 24.7. The van der Waals surface area contributed by atoms with Gasteiger partial charge in [-0.15, -0.1) is 0 Å². The van der Waals surface area contributed by atoms with Gasteiger partial charge in [-0.3, -0.25) is 9.52 Å². The number of amides is 1. The molecule has 0 spiro atoms. The van der Waals surface area contributed by atoms with E-state index in [4.69, 9.17) is 0 Å². The molecule has 5 nitrogen and oxygen atoms in total. The second kappa shape index (κ2) is 9.59. The molecule has 0 bridgehead atoms. The van der Waals surface area contributed by atoms with Gasteiger partial charge in [0.2, 0.25) is 0 Å². The number of sulfonamides is 1. The van der Waals surface area contributed by atoms with E-state index in [0.29, 0.717) is 23.7 Å². The predicted octanol–water partition coefficient (Wildman–Crippen LogP) is 4.66. The van der Waals surface area contributed by atoms with Crippen molar-refractivity contribution in [1.82, 2.24) is 5.32 Å². The molecule has 0 heterocycles. The summed E-state index contributed by atoms with van der Waals surface area (Å²) in [5, 5.41) is 2.98. The molecule has 0 saturated carbocycles. The van der Waals surface area contributed by atoms with Crippen molar-refractivity contribution in [2.45, 2.75) is 24.7 Å². The van der Waals surface area contributed by atoms with Gasteiger partial charge in [0, 0.05) is 23.7 Å². The Hall–Kier alpha value is -3.12. The van der Waals surface area contributed by atoms with E-state index in [-0.39, 0.29) is 16.7 Å². The quantitative estimate of drug-likeness (QED) is 0.554. The number of anilines is 1. The zero-order chi connectivity index (χ0) is 21.6. The van der Waals surface area contributed by atoms with Crippen molar-refractivity contribution in [3.63, 3.8) is 0 Å². The molecule has 1 atom stereocenters. The van der Waals surface area contributed by atoms with Crippen molar-refractivity contribution in [2.24, 2.45) is 5.92 Å². The third-order valence-corrected chi connectivity index (χ3v) is 6.34. The molecule has 0 aromatic heterocycles. The van der Waals surface area contributed by atoms with E-state index in [0.717, 1.165) is 0 Å². The molecule has 3 aromatic rings. The lowest BCUT2D eigenvalue weighted by atomic mass is 9.88. The summed E-state index contributed by atoms with van der Waals surface area (Å²) < 4.78 is 27.6. The lowest BCUT2D eigenvalue weighted by molar-refractivity contribution is 0.0949. The van der Waals surface area contributed by atoms with Gasteiger partial charge in [-0.25, -0.2) is 8.42 Å². The summed E-state index contributed by atoms with van der Waals surface area (Å²) in [4.78, 5) is 12.9. The normalized spacial score (nSPS) is 12.4. The van der Waals surface area contributed by atoms with Crippen LogP contribution in [0.15, 0.2) is 89.8 Å². The maximum absolute atomic E-state index is 12.7. The third-order valence-electron chi connectivity index (χ3n) is 4.95. The lowest BCUT2D eigenvalue weighted by Gasteiger charge is -2.22. The maximum atomic E-state index is 12.7. The summed E-state index contributed by atoms with van der Waals surface area (Å²) in [5.41, 5.74) is 1.92. The zero-order valence-corrected chi connectivity index (χ0v) is 17.9. The van der Waals surface area contributed by atoms with Crippen molar-refractivity contribution < 1.29 is 13.2 Å². The summed E-state index contributed by atoms with van der Waals surface area (Å²) >= 11 is 0. The van der Waals surface area contributed by atoms with Crippen molar-refractivity contribution in [3.8, 4) is 0 Å². The zero-order valence-electron chi connectivity index (χ0n) is 17.1. The first kappa shape index (κ1) is 21.6. The van der Waals surface area contributed by atoms with Gasteiger partial charge in [-0.2, -0.15) is 0 Å². The minimum Gasteiger partial charge on any atom is -0.351 e. The van der Waals surface area contributed by atoms with Gasteiger partial charge in [0.15, 0.2) is 0 Å². The molecule has 1 amide bonds. The second-order valence-electron chi connectivity index (χ2n) is 7.47. The standard InChI is InChI=1S/C24H26N2O3S/c1-18(2)23(19-10-5-3-6-11-19)17-25-24(27)20-12-9-13-21(16-20)26-30(28,29)22-14-7-4-8-15-22/h3-16,18,23,26H,17H2,1-2H3,(H,25,27). The Morgan fingerprint density at radius 2 is 1.50 bits per heavy atom. The van der Waals surface area contributed by atoms with Gasteiger partial charge < -0.3 is 5.32 Å². The van der Waals surface area contributed by atoms with Gasteiger partial charge in [0.05, 0.1) is 4.90 Å². The number of nitrogens with one attached hydrogen (secondary N) is 2. The Morgan fingerprint density at radius 1 is 0.867 bits per heavy atom. The Labute approximate surface area is 178 Å². The number of rotatable bonds is 8. The van der Waals surface area contributed by atoms with E-state index < -0.39 is 10.0 Å². The van der Waals surface area contributed by atoms with Gasteiger partial charge >= 0.3 is 0 Å². The molecule has 0 aliphatic heterocycles. The van der Waals surface area contributed by atoms with Gasteiger partial charge in [0.1, 0.15) is 0 Å². The minimum atomic E-state index is -3.71. The summed E-state index contributed by atoms with van der Waals surface area (Å²) in [7, 11) is -3.71. The Bertz CT molecular complexity index is 1080. The Balaban J connectivity index is 1.70. The lowest BCUT2D eigenvalue weighted by Crippen LogP contribution is -2.30. The highest BCUT2D eigenvalue weighted by atomic mass is 32.2. The molecular formula is C24H26N2O3S. The maximum Gasteiger partial charge on any atom is 0.261 e. The summed E-state index contributed by atoms with van der Waals surface area (Å²) in [6.07, 6.45) is 0. The van der Waals surface area contributed by atoms with Crippen LogP contribution in [-0.2, 0) is 10.0 Å². The summed E-state index contributed by atoms with van der Waals surface area (Å²) in [6.45, 7) is 4.76. The first-order valence-corrected chi connectivity index (χ1v) is 11.4. The average Bonchev–Trinajstić information content (AvgIpc) is 2.75. The smallest absolute Gasteiger partial charge is 0.261 e. The fraction of sp³-hybridized carbons (Fsp3) is 0.208. The molecule has 6 heteroatoms. The molecule has 0 radical (unpaired) electrons. The van der Waals surface area contributed by atoms with E-state index in [2.05, 4.69) is 36.0 Å². The molecule has 30 heavy (non-hydrogen) atoms. The van der Waals surface area contributed by atoms with Gasteiger partial charge in [-0.05, 0) is 41.8 Å². The van der Waals surface area contributed by atoms with Crippen LogP contribution in [0.25, 0.3) is 0 Å². The van der Waals surface area contributed by atoms with Crippen LogP contribution in [0, 0.1) is 5.92 Å². The summed E-state index contributed by atoms with van der Waals surface area (Å²) in [5.74, 6) is 0.309. The van der Waals surface area contributed by atoms with Crippen LogP contribution in [0.4, 0.5) is 5.69 Å². The number of carbonyl (C=O) groups is 1. The third kappa shape index (κ3) is 5.48. The molecule has 156 valence electrons. The van der Waals surface area contributed by atoms with Crippen LogP contribution < -0.4 is 10.0 Å². The van der Waals surface area contributed by atoms with Crippen LogP contribution in [0.1, 0.15) is 35.7 Å². The largest absolute Gasteiger partial charge is 0.351 e. The van der Waals surface area contributed by atoms with Crippen molar-refractivity contribution in [3.05, 3.63) is 96.1 Å². The first-order valence-electron chi connectivity index (χ1n) is 9.88. The van der Waals surface area contributed by atoms with E-state index in [9.17, 15) is 13.2 Å². The van der Waals surface area contributed by atoms with Crippen LogP contribution >= 0.6 is 0 Å².